The molecule has 0 rings (SSSR count). The minimum absolute atomic E-state index is 0.333. The van der Waals surface area contributed by atoms with E-state index >= 15 is 0 Å². The first-order valence-electron chi connectivity index (χ1n) is 2.24. The molecule has 0 aliphatic heterocycles. The van der Waals surface area contributed by atoms with Crippen molar-refractivity contribution in [2.24, 2.45) is 0 Å². The number of carboxylic acid groups (broad SMARTS) is 1. The summed E-state index contributed by atoms with van der Waals surface area (Å²) in [6.07, 6.45) is 1.51. The number of rotatable bonds is 1. The van der Waals surface area contributed by atoms with Crippen molar-refractivity contribution in [3.05, 3.63) is 17.6 Å². The Kier molecular flexibility index (Phi) is 11.5. The molecule has 0 aromatic heterocycles. The highest BCUT2D eigenvalue weighted by molar-refractivity contribution is 5.60. The Morgan fingerprint density at radius 1 is 2.00 bits per heavy atom. The molecule has 50 valence electrons. The second kappa shape index (κ2) is 9.80. The molecule has 0 amide bonds. The Balaban J connectivity index is 0. The number of carboxylic acids is 1. The molecular formula is C5H8N2O2. The van der Waals surface area contributed by atoms with Crippen LogP contribution in [-0.2, 0) is 4.79 Å². The van der Waals surface area contributed by atoms with Crippen molar-refractivity contribution in [3.8, 4) is 0 Å². The van der Waals surface area contributed by atoms with E-state index in [4.69, 9.17) is 15.3 Å². The van der Waals surface area contributed by atoms with Gasteiger partial charge in [-0.2, -0.15) is 0 Å². The summed E-state index contributed by atoms with van der Waals surface area (Å²) >= 11 is 0. The SMILES string of the molecule is C=CC[N+]#N.CC(=O)[O-]. The average Bonchev–Trinajstić information content (AvgIpc) is 1.66. The van der Waals surface area contributed by atoms with Crippen LogP contribution in [-0.4, -0.2) is 12.5 Å². The lowest BCUT2D eigenvalue weighted by molar-refractivity contribution is -0.302. The number of carbonyl (C=O) groups is 1. The maximum absolute atomic E-state index is 8.89. The molecule has 0 atom stereocenters. The molecule has 0 saturated heterocycles. The van der Waals surface area contributed by atoms with E-state index in [1.54, 1.807) is 0 Å². The molecule has 0 N–H and O–H groups in total. The van der Waals surface area contributed by atoms with Gasteiger partial charge in [0, 0.05) is 5.97 Å². The van der Waals surface area contributed by atoms with Crippen molar-refractivity contribution in [1.29, 1.82) is 5.39 Å². The van der Waals surface area contributed by atoms with E-state index in [1.807, 2.05) is 0 Å². The Morgan fingerprint density at radius 2 is 2.33 bits per heavy atom. The minimum atomic E-state index is -1.08. The molecule has 9 heavy (non-hydrogen) atoms. The topological polar surface area (TPSA) is 68.3 Å². The quantitative estimate of drug-likeness (QED) is 0.362. The molecule has 4 nitrogen and oxygen atoms in total. The third-order valence-corrected chi connectivity index (χ3v) is 0.211. The van der Waals surface area contributed by atoms with Crippen LogP contribution in [0.3, 0.4) is 0 Å². The van der Waals surface area contributed by atoms with Crippen molar-refractivity contribution in [2.75, 3.05) is 6.54 Å². The van der Waals surface area contributed by atoms with Gasteiger partial charge in [-0.3, -0.25) is 0 Å². The first-order valence-corrected chi connectivity index (χ1v) is 2.24. The summed E-state index contributed by atoms with van der Waals surface area (Å²) < 4.78 is 0. The highest BCUT2D eigenvalue weighted by Crippen LogP contribution is 1.61. The van der Waals surface area contributed by atoms with Gasteiger partial charge in [0.1, 0.15) is 4.98 Å². The van der Waals surface area contributed by atoms with Crippen molar-refractivity contribution in [2.45, 2.75) is 6.92 Å². The van der Waals surface area contributed by atoms with Gasteiger partial charge in [0.25, 0.3) is 0 Å². The molecule has 4 heteroatoms. The fraction of sp³-hybridized carbons (Fsp3) is 0.400. The molecule has 0 aromatic carbocycles. The molecular weight excluding hydrogens is 120 g/mol. The summed E-state index contributed by atoms with van der Waals surface area (Å²) in [6.45, 7) is 4.60. The van der Waals surface area contributed by atoms with Crippen LogP contribution >= 0.6 is 0 Å². The number of hydrogen-bond donors (Lipinski definition) is 0. The molecule has 0 saturated carbocycles. The smallest absolute Gasteiger partial charge is 0.323 e. The van der Waals surface area contributed by atoms with Gasteiger partial charge in [-0.05, 0) is 13.0 Å². The number of aliphatic carboxylic acids is 1. The van der Waals surface area contributed by atoms with E-state index in [0.29, 0.717) is 6.54 Å². The van der Waals surface area contributed by atoms with E-state index < -0.39 is 5.97 Å². The van der Waals surface area contributed by atoms with Gasteiger partial charge in [-0.15, -0.1) is 0 Å². The third-order valence-electron chi connectivity index (χ3n) is 0.211. The predicted octanol–water partition coefficient (Wildman–Crippen LogP) is -0.218. The van der Waals surface area contributed by atoms with Gasteiger partial charge < -0.3 is 9.90 Å². The van der Waals surface area contributed by atoms with E-state index in [1.165, 1.54) is 6.08 Å². The predicted molar refractivity (Wildman–Crippen MR) is 30.8 cm³/mol. The fourth-order valence-electron chi connectivity index (χ4n) is 0.0577. The lowest BCUT2D eigenvalue weighted by atomic mass is 10.7. The second-order valence-electron chi connectivity index (χ2n) is 1.10. The van der Waals surface area contributed by atoms with Crippen molar-refractivity contribution in [3.63, 3.8) is 0 Å². The van der Waals surface area contributed by atoms with Crippen LogP contribution < -0.4 is 5.11 Å². The Hall–Kier alpha value is -1.37. The van der Waals surface area contributed by atoms with Crippen LogP contribution in [0.2, 0.25) is 0 Å². The standard InChI is InChI=1S/C3H5N2.C2H4O2/c1-2-3-5-4;1-2(3)4/h2H,1,3H2;1H3,(H,3,4)/q+1;/p-1. The molecule has 0 aromatic rings. The van der Waals surface area contributed by atoms with Crippen molar-refractivity contribution in [1.82, 2.24) is 0 Å². The molecule has 0 spiro atoms. The number of diazo groups is 1. The minimum Gasteiger partial charge on any atom is -0.550 e. The summed E-state index contributed by atoms with van der Waals surface area (Å²) in [4.78, 5) is 11.6. The number of carbonyl (C=O) groups excluding carboxylic acids is 1. The van der Waals surface area contributed by atoms with Gasteiger partial charge in [-0.25, -0.2) is 0 Å². The van der Waals surface area contributed by atoms with Crippen LogP contribution in [0.1, 0.15) is 6.92 Å². The Morgan fingerprint density at radius 3 is 2.33 bits per heavy atom. The van der Waals surface area contributed by atoms with Crippen LogP contribution in [0.5, 0.6) is 0 Å². The fourth-order valence-corrected chi connectivity index (χ4v) is 0.0577. The van der Waals surface area contributed by atoms with Crippen molar-refractivity contribution < 1.29 is 9.90 Å². The monoisotopic (exact) mass is 128 g/mol. The van der Waals surface area contributed by atoms with Gasteiger partial charge in [0.2, 0.25) is 5.39 Å². The second-order valence-corrected chi connectivity index (χ2v) is 1.10. The summed E-state index contributed by atoms with van der Waals surface area (Å²) in [6, 6.07) is 0. The van der Waals surface area contributed by atoms with Crippen LogP contribution in [0.4, 0.5) is 0 Å². The summed E-state index contributed by atoms with van der Waals surface area (Å²) in [5, 5.41) is 16.5. The van der Waals surface area contributed by atoms with Crippen molar-refractivity contribution >= 4 is 5.97 Å². The zero-order valence-corrected chi connectivity index (χ0v) is 5.20. The van der Waals surface area contributed by atoms with Gasteiger partial charge >= 0.3 is 6.54 Å². The molecule has 0 unspecified atom stereocenters. The molecule has 0 bridgehead atoms. The van der Waals surface area contributed by atoms with Gasteiger partial charge in [0.05, 0.1) is 0 Å². The largest absolute Gasteiger partial charge is 0.550 e. The van der Waals surface area contributed by atoms with E-state index in [2.05, 4.69) is 11.6 Å². The van der Waals surface area contributed by atoms with E-state index in [0.717, 1.165) is 6.92 Å². The Labute approximate surface area is 53.4 Å². The zero-order valence-electron chi connectivity index (χ0n) is 5.20. The highest BCUT2D eigenvalue weighted by Gasteiger charge is 1.73. The summed E-state index contributed by atoms with van der Waals surface area (Å²) in [5.41, 5.74) is 0. The first-order chi connectivity index (χ1) is 4.15. The maximum atomic E-state index is 8.89. The van der Waals surface area contributed by atoms with Gasteiger partial charge in [-0.1, -0.05) is 6.58 Å². The normalized spacial score (nSPS) is 5.78. The molecule has 0 fully saturated rings. The van der Waals surface area contributed by atoms with Crippen LogP contribution in [0, 0.1) is 5.39 Å². The first kappa shape index (κ1) is 10.6. The van der Waals surface area contributed by atoms with E-state index in [-0.39, 0.29) is 0 Å². The molecule has 0 aliphatic rings. The lowest BCUT2D eigenvalue weighted by Crippen LogP contribution is -2.16. The van der Waals surface area contributed by atoms with Gasteiger partial charge in [0.15, 0.2) is 0 Å². The summed E-state index contributed by atoms with van der Waals surface area (Å²) in [5.74, 6) is -1.08. The Bertz CT molecular complexity index is 121. The molecule has 0 heterocycles. The van der Waals surface area contributed by atoms with E-state index in [9.17, 15) is 0 Å². The number of hydrogen-bond acceptors (Lipinski definition) is 3. The third kappa shape index (κ3) is 358. The average molecular weight is 128 g/mol. The number of nitrogens with zero attached hydrogens (tertiary/aromatic N) is 2. The maximum Gasteiger partial charge on any atom is 0.323 e. The van der Waals surface area contributed by atoms with Crippen LogP contribution in [0.25, 0.3) is 4.98 Å². The highest BCUT2D eigenvalue weighted by atomic mass is 16.4. The summed E-state index contributed by atoms with van der Waals surface area (Å²) in [7, 11) is 0. The molecule has 0 radical (unpaired) electrons. The lowest BCUT2D eigenvalue weighted by Gasteiger charge is -1.77. The zero-order chi connectivity index (χ0) is 7.70. The molecule has 0 aliphatic carbocycles. The van der Waals surface area contributed by atoms with Crippen LogP contribution in [0.15, 0.2) is 12.7 Å².